The molecule has 1 unspecified atom stereocenters. The number of benzene rings is 1. The maximum atomic E-state index is 13.2. The predicted molar refractivity (Wildman–Crippen MR) is 88.3 cm³/mol. The minimum Gasteiger partial charge on any atom is -0.466 e. The molecule has 2 N–H and O–H groups in total. The minimum atomic E-state index is -5.20. The molecule has 1 aromatic carbocycles. The zero-order chi connectivity index (χ0) is 22.5. The highest BCUT2D eigenvalue weighted by Crippen LogP contribution is 2.33. The zero-order valence-electron chi connectivity index (χ0n) is 15.1. The van der Waals surface area contributed by atoms with Gasteiger partial charge in [0.1, 0.15) is 6.04 Å². The van der Waals surface area contributed by atoms with Gasteiger partial charge in [0, 0.05) is 6.61 Å². The van der Waals surface area contributed by atoms with Gasteiger partial charge < -0.3 is 9.84 Å². The van der Waals surface area contributed by atoms with Crippen LogP contribution in [0.1, 0.15) is 30.9 Å². The quantitative estimate of drug-likeness (QED) is 0.445. The Bertz CT molecular complexity index is 807. The monoisotopic (exact) mass is 451 g/mol. The van der Waals surface area contributed by atoms with Crippen molar-refractivity contribution in [3.63, 3.8) is 0 Å². The predicted octanol–water partition coefficient (Wildman–Crippen LogP) is 2.79. The van der Waals surface area contributed by atoms with Gasteiger partial charge in [-0.1, -0.05) is 6.07 Å². The molecule has 0 saturated heterocycles. The number of halogens is 6. The third kappa shape index (κ3) is 7.48. The Labute approximate surface area is 162 Å². The molecule has 1 aromatic rings. The van der Waals surface area contributed by atoms with E-state index in [2.05, 4.69) is 4.74 Å². The first-order chi connectivity index (χ1) is 13.2. The molecule has 1 atom stereocenters. The van der Waals surface area contributed by atoms with Crippen LogP contribution in [0.2, 0.25) is 0 Å². The molecule has 0 heterocycles. The lowest BCUT2D eigenvalue weighted by atomic mass is 10.1. The fourth-order valence-corrected chi connectivity index (χ4v) is 3.83. The Kier molecular flexibility index (Phi) is 8.47. The number of aliphatic hydroxyl groups is 1. The second kappa shape index (κ2) is 9.76. The lowest BCUT2D eigenvalue weighted by Gasteiger charge is -2.22. The summed E-state index contributed by atoms with van der Waals surface area (Å²) in [5.74, 6) is -1.33. The minimum absolute atomic E-state index is 0.0284. The van der Waals surface area contributed by atoms with E-state index >= 15 is 0 Å². The van der Waals surface area contributed by atoms with Crippen molar-refractivity contribution in [3.05, 3.63) is 29.3 Å². The number of hydrogen-bond donors (Lipinski definition) is 2. The molecule has 0 radical (unpaired) electrons. The molecule has 6 nitrogen and oxygen atoms in total. The molecule has 0 aliphatic carbocycles. The second-order valence-corrected chi connectivity index (χ2v) is 7.55. The normalized spacial score (nSPS) is 13.9. The molecule has 0 amide bonds. The van der Waals surface area contributed by atoms with Gasteiger partial charge >= 0.3 is 18.3 Å². The number of sulfonamides is 1. The highest BCUT2D eigenvalue weighted by atomic mass is 32.2. The molecule has 0 aromatic heterocycles. The standard InChI is InChI=1S/C16H19F6NO5S/c1-2-28-14(25)9-13(16(20,21)22)23-29(26,27)12-8-11(15(17,18)19)6-5-10(12)4-3-7-24/h5-6,8,13,23-24H,2-4,7,9H2,1H3. The largest absolute Gasteiger partial charge is 0.466 e. The maximum Gasteiger partial charge on any atom is 0.416 e. The van der Waals surface area contributed by atoms with Crippen LogP contribution in [-0.4, -0.2) is 44.9 Å². The van der Waals surface area contributed by atoms with Crippen LogP contribution >= 0.6 is 0 Å². The summed E-state index contributed by atoms with van der Waals surface area (Å²) in [5.41, 5.74) is -1.59. The Hall–Kier alpha value is -1.86. The number of nitrogens with one attached hydrogen (secondary N) is 1. The number of ether oxygens (including phenoxy) is 1. The van der Waals surface area contributed by atoms with Crippen LogP contribution in [0.25, 0.3) is 0 Å². The summed E-state index contributed by atoms with van der Waals surface area (Å²) in [6.07, 6.45) is -11.7. The molecule has 166 valence electrons. The first-order valence-electron chi connectivity index (χ1n) is 8.28. The first kappa shape index (κ1) is 25.2. The van der Waals surface area contributed by atoms with E-state index in [1.54, 1.807) is 0 Å². The summed E-state index contributed by atoms with van der Waals surface area (Å²) in [4.78, 5) is 10.4. The Morgan fingerprint density at radius 2 is 1.83 bits per heavy atom. The SMILES string of the molecule is CCOC(=O)CC(NS(=O)(=O)c1cc(C(F)(F)F)ccc1CCCO)C(F)(F)F. The number of aryl methyl sites for hydroxylation is 1. The molecular weight excluding hydrogens is 432 g/mol. The summed E-state index contributed by atoms with van der Waals surface area (Å²) in [5, 5.41) is 8.86. The number of esters is 1. The van der Waals surface area contributed by atoms with E-state index in [9.17, 15) is 39.6 Å². The van der Waals surface area contributed by atoms with Gasteiger partial charge in [-0.05, 0) is 37.5 Å². The van der Waals surface area contributed by atoms with Crippen molar-refractivity contribution in [1.29, 1.82) is 0 Å². The number of rotatable bonds is 9. The number of carbonyl (C=O) groups is 1. The van der Waals surface area contributed by atoms with Gasteiger partial charge in [-0.15, -0.1) is 0 Å². The average molecular weight is 451 g/mol. The highest BCUT2D eigenvalue weighted by molar-refractivity contribution is 7.89. The van der Waals surface area contributed by atoms with Crippen molar-refractivity contribution in [2.24, 2.45) is 0 Å². The smallest absolute Gasteiger partial charge is 0.416 e. The third-order valence-electron chi connectivity index (χ3n) is 3.66. The summed E-state index contributed by atoms with van der Waals surface area (Å²) >= 11 is 0. The summed E-state index contributed by atoms with van der Waals surface area (Å²) in [6, 6.07) is -1.27. The van der Waals surface area contributed by atoms with Crippen LogP contribution < -0.4 is 4.72 Å². The molecule has 29 heavy (non-hydrogen) atoms. The van der Waals surface area contributed by atoms with Crippen LogP contribution in [-0.2, 0) is 32.2 Å². The second-order valence-electron chi connectivity index (χ2n) is 5.87. The Balaban J connectivity index is 3.37. The van der Waals surface area contributed by atoms with Crippen LogP contribution in [0, 0.1) is 0 Å². The van der Waals surface area contributed by atoms with Gasteiger partial charge in [-0.2, -0.15) is 31.1 Å². The fraction of sp³-hybridized carbons (Fsp3) is 0.562. The maximum absolute atomic E-state index is 13.2. The van der Waals surface area contributed by atoms with Crippen LogP contribution in [0.4, 0.5) is 26.3 Å². The molecule has 13 heteroatoms. The van der Waals surface area contributed by atoms with Crippen molar-refractivity contribution in [2.75, 3.05) is 13.2 Å². The van der Waals surface area contributed by atoms with Crippen molar-refractivity contribution >= 4 is 16.0 Å². The van der Waals surface area contributed by atoms with Crippen LogP contribution in [0.3, 0.4) is 0 Å². The van der Waals surface area contributed by atoms with Gasteiger partial charge in [0.2, 0.25) is 10.0 Å². The van der Waals surface area contributed by atoms with Crippen LogP contribution in [0.15, 0.2) is 23.1 Å². The molecule has 0 bridgehead atoms. The lowest BCUT2D eigenvalue weighted by molar-refractivity contribution is -0.166. The molecule has 0 saturated carbocycles. The molecule has 0 aliphatic heterocycles. The molecule has 0 fully saturated rings. The van der Waals surface area contributed by atoms with Gasteiger partial charge in [0.25, 0.3) is 0 Å². The topological polar surface area (TPSA) is 92.7 Å². The fourth-order valence-electron chi connectivity index (χ4n) is 2.32. The number of aliphatic hydroxyl groups excluding tert-OH is 1. The van der Waals surface area contributed by atoms with E-state index in [4.69, 9.17) is 5.11 Å². The first-order valence-corrected chi connectivity index (χ1v) is 9.76. The Morgan fingerprint density at radius 1 is 1.21 bits per heavy atom. The van der Waals surface area contributed by atoms with Gasteiger partial charge in [0.15, 0.2) is 0 Å². The summed E-state index contributed by atoms with van der Waals surface area (Å²) in [6.45, 7) is 0.678. The van der Waals surface area contributed by atoms with Crippen molar-refractivity contribution in [2.45, 2.75) is 49.5 Å². The van der Waals surface area contributed by atoms with Gasteiger partial charge in [-0.25, -0.2) is 8.42 Å². The van der Waals surface area contributed by atoms with E-state index in [1.807, 2.05) is 0 Å². The van der Waals surface area contributed by atoms with Gasteiger partial charge in [0.05, 0.1) is 23.5 Å². The lowest BCUT2D eigenvalue weighted by Crippen LogP contribution is -2.47. The molecule has 0 aliphatic rings. The van der Waals surface area contributed by atoms with E-state index < -0.39 is 57.9 Å². The van der Waals surface area contributed by atoms with E-state index in [-0.39, 0.29) is 31.1 Å². The molecular formula is C16H19F6NO5S. The van der Waals surface area contributed by atoms with Gasteiger partial charge in [-0.3, -0.25) is 4.79 Å². The van der Waals surface area contributed by atoms with E-state index in [0.717, 1.165) is 6.07 Å². The number of alkyl halides is 6. The van der Waals surface area contributed by atoms with Crippen molar-refractivity contribution in [3.8, 4) is 0 Å². The van der Waals surface area contributed by atoms with Crippen molar-refractivity contribution in [1.82, 2.24) is 4.72 Å². The number of carbonyl (C=O) groups excluding carboxylic acids is 1. The zero-order valence-corrected chi connectivity index (χ0v) is 15.9. The van der Waals surface area contributed by atoms with E-state index in [0.29, 0.717) is 6.07 Å². The molecule has 0 spiro atoms. The molecule has 1 rings (SSSR count). The summed E-state index contributed by atoms with van der Waals surface area (Å²) < 4.78 is 109. The summed E-state index contributed by atoms with van der Waals surface area (Å²) in [7, 11) is -5.11. The van der Waals surface area contributed by atoms with Crippen molar-refractivity contribution < 1.29 is 49.4 Å². The average Bonchev–Trinajstić information content (AvgIpc) is 2.57. The number of hydrogen-bond acceptors (Lipinski definition) is 5. The highest BCUT2D eigenvalue weighted by Gasteiger charge is 2.44. The van der Waals surface area contributed by atoms with E-state index in [1.165, 1.54) is 11.6 Å². The third-order valence-corrected chi connectivity index (χ3v) is 5.21. The Morgan fingerprint density at radius 3 is 2.31 bits per heavy atom. The van der Waals surface area contributed by atoms with Crippen LogP contribution in [0.5, 0.6) is 0 Å².